The lowest BCUT2D eigenvalue weighted by Gasteiger charge is -2.32. The maximum atomic E-state index is 13.2. The van der Waals surface area contributed by atoms with Gasteiger partial charge in [-0.15, -0.1) is 0 Å². The number of rotatable bonds is 7. The predicted molar refractivity (Wildman–Crippen MR) is 115 cm³/mol. The van der Waals surface area contributed by atoms with Crippen LogP contribution in [0.1, 0.15) is 35.2 Å². The van der Waals surface area contributed by atoms with Gasteiger partial charge in [-0.1, -0.05) is 6.07 Å². The van der Waals surface area contributed by atoms with E-state index in [4.69, 9.17) is 14.2 Å². The number of aromatic nitrogens is 1. The third-order valence-electron chi connectivity index (χ3n) is 5.69. The SMILES string of the molecule is COc1cc(C(=O)N2C[C@H]3CC[C@@H](C2)O3)cc(NC(=O)CCc2cccnc2)c1OC. The lowest BCUT2D eigenvalue weighted by Crippen LogP contribution is -2.45. The summed E-state index contributed by atoms with van der Waals surface area (Å²) in [5.41, 5.74) is 1.84. The van der Waals surface area contributed by atoms with Crippen molar-refractivity contribution >= 4 is 17.5 Å². The number of hydrogen-bond donors (Lipinski definition) is 1. The molecule has 0 saturated carbocycles. The van der Waals surface area contributed by atoms with E-state index in [1.54, 1.807) is 24.5 Å². The number of hydrogen-bond acceptors (Lipinski definition) is 6. The minimum Gasteiger partial charge on any atom is -0.493 e. The van der Waals surface area contributed by atoms with Crippen molar-refractivity contribution in [3.05, 3.63) is 47.8 Å². The van der Waals surface area contributed by atoms with E-state index in [2.05, 4.69) is 10.3 Å². The molecule has 0 radical (unpaired) electrons. The van der Waals surface area contributed by atoms with E-state index in [9.17, 15) is 9.59 Å². The van der Waals surface area contributed by atoms with Crippen molar-refractivity contribution in [2.45, 2.75) is 37.9 Å². The van der Waals surface area contributed by atoms with Gasteiger partial charge in [0.2, 0.25) is 5.91 Å². The van der Waals surface area contributed by atoms with E-state index in [-0.39, 0.29) is 30.4 Å². The van der Waals surface area contributed by atoms with Gasteiger partial charge in [-0.2, -0.15) is 0 Å². The zero-order valence-corrected chi connectivity index (χ0v) is 17.8. The minimum absolute atomic E-state index is 0.105. The van der Waals surface area contributed by atoms with Gasteiger partial charge in [0.25, 0.3) is 5.91 Å². The summed E-state index contributed by atoms with van der Waals surface area (Å²) in [6.45, 7) is 1.16. The molecule has 2 fully saturated rings. The molecule has 2 amide bonds. The Hall–Kier alpha value is -3.13. The summed E-state index contributed by atoms with van der Waals surface area (Å²) >= 11 is 0. The van der Waals surface area contributed by atoms with Crippen molar-refractivity contribution in [1.82, 2.24) is 9.88 Å². The Morgan fingerprint density at radius 2 is 1.97 bits per heavy atom. The molecule has 1 N–H and O–H groups in total. The quantitative estimate of drug-likeness (QED) is 0.734. The number of morpholine rings is 1. The zero-order chi connectivity index (χ0) is 21.8. The Labute approximate surface area is 181 Å². The summed E-state index contributed by atoms with van der Waals surface area (Å²) in [6.07, 6.45) is 6.46. The molecule has 1 aromatic carbocycles. The number of carbonyl (C=O) groups excluding carboxylic acids is 2. The Kier molecular flexibility index (Phi) is 6.36. The number of carbonyl (C=O) groups is 2. The van der Waals surface area contributed by atoms with E-state index in [1.165, 1.54) is 14.2 Å². The van der Waals surface area contributed by atoms with Crippen LogP contribution in [-0.2, 0) is 16.0 Å². The molecule has 2 aliphatic heterocycles. The summed E-state index contributed by atoms with van der Waals surface area (Å²) in [5, 5.41) is 2.87. The average molecular weight is 425 g/mol. The van der Waals surface area contributed by atoms with Gasteiger partial charge in [-0.3, -0.25) is 14.6 Å². The molecule has 31 heavy (non-hydrogen) atoms. The van der Waals surface area contributed by atoms with Gasteiger partial charge in [-0.25, -0.2) is 0 Å². The molecule has 2 saturated heterocycles. The molecular weight excluding hydrogens is 398 g/mol. The van der Waals surface area contributed by atoms with Crippen molar-refractivity contribution in [3.8, 4) is 11.5 Å². The lowest BCUT2D eigenvalue weighted by molar-refractivity contribution is -0.116. The predicted octanol–water partition coefficient (Wildman–Crippen LogP) is 2.67. The van der Waals surface area contributed by atoms with Crippen molar-refractivity contribution in [2.75, 3.05) is 32.6 Å². The Morgan fingerprint density at radius 1 is 1.19 bits per heavy atom. The highest BCUT2D eigenvalue weighted by Crippen LogP contribution is 2.37. The first-order valence-corrected chi connectivity index (χ1v) is 10.5. The standard InChI is InChI=1S/C23H27N3O5/c1-29-20-11-16(23(28)26-13-17-6-7-18(14-26)31-17)10-19(22(20)30-2)25-21(27)8-5-15-4-3-9-24-12-15/h3-4,9-12,17-18H,5-8,13-14H2,1-2H3,(H,25,27)/t17-,18+. The van der Waals surface area contributed by atoms with Crippen molar-refractivity contribution in [3.63, 3.8) is 0 Å². The number of amides is 2. The van der Waals surface area contributed by atoms with Gasteiger partial charge in [0, 0.05) is 37.5 Å². The van der Waals surface area contributed by atoms with E-state index in [0.29, 0.717) is 42.3 Å². The van der Waals surface area contributed by atoms with E-state index in [0.717, 1.165) is 18.4 Å². The first kappa shape index (κ1) is 21.1. The van der Waals surface area contributed by atoms with Crippen LogP contribution in [0.3, 0.4) is 0 Å². The van der Waals surface area contributed by atoms with Crippen molar-refractivity contribution in [2.24, 2.45) is 0 Å². The van der Waals surface area contributed by atoms with Crippen molar-refractivity contribution in [1.29, 1.82) is 0 Å². The molecule has 3 heterocycles. The maximum absolute atomic E-state index is 13.2. The van der Waals surface area contributed by atoms with Crippen LogP contribution in [0.5, 0.6) is 11.5 Å². The second-order valence-electron chi connectivity index (χ2n) is 7.84. The molecule has 2 aromatic rings. The van der Waals surface area contributed by atoms with Crippen LogP contribution in [0, 0.1) is 0 Å². The number of ether oxygens (including phenoxy) is 3. The van der Waals surface area contributed by atoms with Crippen LogP contribution in [0.25, 0.3) is 0 Å². The smallest absolute Gasteiger partial charge is 0.254 e. The van der Waals surface area contributed by atoms with Crippen LogP contribution in [-0.4, -0.2) is 61.2 Å². The van der Waals surface area contributed by atoms with Crippen LogP contribution in [0.15, 0.2) is 36.7 Å². The number of likely N-dealkylation sites (tertiary alicyclic amines) is 1. The molecule has 2 aliphatic rings. The molecule has 1 aromatic heterocycles. The van der Waals surface area contributed by atoms with Crippen LogP contribution >= 0.6 is 0 Å². The van der Waals surface area contributed by atoms with Crippen molar-refractivity contribution < 1.29 is 23.8 Å². The lowest BCUT2D eigenvalue weighted by atomic mass is 10.1. The summed E-state index contributed by atoms with van der Waals surface area (Å²) in [7, 11) is 3.01. The summed E-state index contributed by atoms with van der Waals surface area (Å²) < 4.78 is 16.7. The molecule has 0 unspecified atom stereocenters. The normalized spacial score (nSPS) is 19.7. The summed E-state index contributed by atoms with van der Waals surface area (Å²) in [4.78, 5) is 31.7. The van der Waals surface area contributed by atoms with Gasteiger partial charge < -0.3 is 24.4 Å². The molecular formula is C23H27N3O5. The largest absolute Gasteiger partial charge is 0.493 e. The average Bonchev–Trinajstić information content (AvgIpc) is 3.14. The summed E-state index contributed by atoms with van der Waals surface area (Å²) in [5.74, 6) is 0.494. The molecule has 0 spiro atoms. The first-order chi connectivity index (χ1) is 15.1. The van der Waals surface area contributed by atoms with E-state index >= 15 is 0 Å². The highest BCUT2D eigenvalue weighted by Gasteiger charge is 2.36. The minimum atomic E-state index is -0.182. The number of nitrogens with zero attached hydrogens (tertiary/aromatic N) is 2. The number of aryl methyl sites for hydroxylation is 1. The van der Waals surface area contributed by atoms with E-state index < -0.39 is 0 Å². The van der Waals surface area contributed by atoms with Crippen LogP contribution in [0.2, 0.25) is 0 Å². The highest BCUT2D eigenvalue weighted by atomic mass is 16.5. The number of pyridine rings is 1. The van der Waals surface area contributed by atoms with Crippen LogP contribution < -0.4 is 14.8 Å². The number of benzene rings is 1. The number of methoxy groups -OCH3 is 2. The van der Waals surface area contributed by atoms with Gasteiger partial charge in [0.05, 0.1) is 32.1 Å². The number of nitrogens with one attached hydrogen (secondary N) is 1. The molecule has 4 rings (SSSR count). The Balaban J connectivity index is 1.52. The Bertz CT molecular complexity index is 938. The first-order valence-electron chi connectivity index (χ1n) is 10.5. The second-order valence-corrected chi connectivity index (χ2v) is 7.84. The van der Waals surface area contributed by atoms with Gasteiger partial charge in [0.15, 0.2) is 11.5 Å². The van der Waals surface area contributed by atoms with Crippen LogP contribution in [0.4, 0.5) is 5.69 Å². The molecule has 2 atom stereocenters. The fourth-order valence-corrected chi connectivity index (χ4v) is 4.16. The fourth-order valence-electron chi connectivity index (χ4n) is 4.16. The monoisotopic (exact) mass is 425 g/mol. The third kappa shape index (κ3) is 4.80. The zero-order valence-electron chi connectivity index (χ0n) is 17.8. The summed E-state index contributed by atoms with van der Waals surface area (Å²) in [6, 6.07) is 7.08. The second kappa shape index (κ2) is 9.34. The molecule has 164 valence electrons. The fraction of sp³-hybridized carbons (Fsp3) is 0.435. The van der Waals surface area contributed by atoms with E-state index in [1.807, 2.05) is 17.0 Å². The molecule has 2 bridgehead atoms. The van der Waals surface area contributed by atoms with Gasteiger partial charge in [-0.05, 0) is 43.0 Å². The number of anilines is 1. The third-order valence-corrected chi connectivity index (χ3v) is 5.69. The number of fused-ring (bicyclic) bond motifs is 2. The molecule has 8 heteroatoms. The highest BCUT2D eigenvalue weighted by molar-refractivity contribution is 5.99. The molecule has 0 aliphatic carbocycles. The van der Waals surface area contributed by atoms with Gasteiger partial charge >= 0.3 is 0 Å². The Morgan fingerprint density at radius 3 is 2.61 bits per heavy atom. The topological polar surface area (TPSA) is 90.0 Å². The maximum Gasteiger partial charge on any atom is 0.254 e. The molecule has 8 nitrogen and oxygen atoms in total. The van der Waals surface area contributed by atoms with Gasteiger partial charge in [0.1, 0.15) is 0 Å².